The summed E-state index contributed by atoms with van der Waals surface area (Å²) in [7, 11) is 0. The predicted octanol–water partition coefficient (Wildman–Crippen LogP) is 6.40. The highest BCUT2D eigenvalue weighted by molar-refractivity contribution is 6.08. The maximum absolute atomic E-state index is 13.2. The summed E-state index contributed by atoms with van der Waals surface area (Å²) < 4.78 is 13.4. The Balaban J connectivity index is 1.17. The molecule has 192 valence electrons. The SMILES string of the molecule is O=C(c1ccc(Oc2ccccc2)cc1)c1cccn1CC=Cc1cccc(CCOC2(C(=O)O)CC2)c1. The van der Waals surface area contributed by atoms with Gasteiger partial charge in [0, 0.05) is 18.3 Å². The summed E-state index contributed by atoms with van der Waals surface area (Å²) in [5.74, 6) is 0.502. The van der Waals surface area contributed by atoms with Crippen LogP contribution in [0.25, 0.3) is 6.08 Å². The predicted molar refractivity (Wildman–Crippen MR) is 146 cm³/mol. The number of nitrogens with zero attached hydrogens (tertiary/aromatic N) is 1. The summed E-state index contributed by atoms with van der Waals surface area (Å²) in [4.78, 5) is 24.4. The molecule has 1 N–H and O–H groups in total. The maximum atomic E-state index is 13.2. The van der Waals surface area contributed by atoms with E-state index in [4.69, 9.17) is 9.47 Å². The zero-order chi connectivity index (χ0) is 26.4. The number of hydrogen-bond acceptors (Lipinski definition) is 4. The summed E-state index contributed by atoms with van der Waals surface area (Å²) in [6.45, 7) is 0.936. The molecule has 0 aliphatic heterocycles. The molecule has 0 radical (unpaired) electrons. The zero-order valence-corrected chi connectivity index (χ0v) is 21.0. The fourth-order valence-electron chi connectivity index (χ4n) is 4.28. The number of carboxylic acid groups (broad SMARTS) is 1. The Labute approximate surface area is 221 Å². The van der Waals surface area contributed by atoms with Crippen LogP contribution in [0, 0.1) is 0 Å². The number of carbonyl (C=O) groups excluding carboxylic acids is 1. The highest BCUT2D eigenvalue weighted by atomic mass is 16.5. The Morgan fingerprint density at radius 2 is 1.66 bits per heavy atom. The average Bonchev–Trinajstić information content (AvgIpc) is 3.59. The standard InChI is InChI=1S/C32H29NO5/c34-30(26-13-15-28(16-14-26)38-27-10-2-1-3-11-27)29-12-6-21-33(29)20-5-9-24-7-4-8-25(23-24)17-22-37-32(18-19-32)31(35)36/h1-16,21,23H,17-20,22H2,(H,35,36). The second-order valence-corrected chi connectivity index (χ2v) is 9.36. The van der Waals surface area contributed by atoms with Gasteiger partial charge < -0.3 is 19.1 Å². The molecule has 1 fully saturated rings. The Morgan fingerprint density at radius 3 is 2.39 bits per heavy atom. The minimum atomic E-state index is -0.957. The number of aliphatic carboxylic acids is 1. The lowest BCUT2D eigenvalue weighted by molar-refractivity contribution is -0.153. The van der Waals surface area contributed by atoms with E-state index in [9.17, 15) is 14.7 Å². The molecule has 0 atom stereocenters. The molecule has 38 heavy (non-hydrogen) atoms. The summed E-state index contributed by atoms with van der Waals surface area (Å²) >= 11 is 0. The minimum Gasteiger partial charge on any atom is -0.479 e. The topological polar surface area (TPSA) is 77.8 Å². The third-order valence-electron chi connectivity index (χ3n) is 6.58. The average molecular weight is 508 g/mol. The molecule has 5 rings (SSSR count). The van der Waals surface area contributed by atoms with Crippen molar-refractivity contribution >= 4 is 17.8 Å². The number of ether oxygens (including phenoxy) is 2. The van der Waals surface area contributed by atoms with Crippen LogP contribution in [0.15, 0.2) is 103 Å². The maximum Gasteiger partial charge on any atom is 0.335 e. The molecule has 0 amide bonds. The van der Waals surface area contributed by atoms with Gasteiger partial charge in [-0.15, -0.1) is 0 Å². The van der Waals surface area contributed by atoms with E-state index < -0.39 is 11.6 Å². The molecule has 1 heterocycles. The Kier molecular flexibility index (Phi) is 7.52. The molecular formula is C32H29NO5. The second-order valence-electron chi connectivity index (χ2n) is 9.36. The lowest BCUT2D eigenvalue weighted by Crippen LogP contribution is -2.26. The monoisotopic (exact) mass is 507 g/mol. The molecule has 4 aromatic rings. The molecular weight excluding hydrogens is 478 g/mol. The van der Waals surface area contributed by atoms with Crippen LogP contribution in [0.2, 0.25) is 0 Å². The first kappa shape index (κ1) is 25.2. The molecule has 6 heteroatoms. The van der Waals surface area contributed by atoms with Crippen LogP contribution >= 0.6 is 0 Å². The molecule has 3 aromatic carbocycles. The van der Waals surface area contributed by atoms with Gasteiger partial charge in [-0.2, -0.15) is 0 Å². The van der Waals surface area contributed by atoms with Crippen LogP contribution in [-0.2, 0) is 22.5 Å². The lowest BCUT2D eigenvalue weighted by Gasteiger charge is -2.11. The van der Waals surface area contributed by atoms with E-state index >= 15 is 0 Å². The van der Waals surface area contributed by atoms with Gasteiger partial charge >= 0.3 is 5.97 Å². The number of ketones is 1. The van der Waals surface area contributed by atoms with E-state index in [0.29, 0.717) is 49.4 Å². The quantitative estimate of drug-likeness (QED) is 0.225. The van der Waals surface area contributed by atoms with Crippen LogP contribution in [-0.4, -0.2) is 33.6 Å². The number of carboxylic acids is 1. The number of rotatable bonds is 12. The molecule has 6 nitrogen and oxygen atoms in total. The zero-order valence-electron chi connectivity index (χ0n) is 21.0. The minimum absolute atomic E-state index is 0.0496. The van der Waals surface area contributed by atoms with Crippen molar-refractivity contribution in [1.29, 1.82) is 0 Å². The summed E-state index contributed by atoms with van der Waals surface area (Å²) in [5.41, 5.74) is 2.38. The van der Waals surface area contributed by atoms with Crippen molar-refractivity contribution in [1.82, 2.24) is 4.57 Å². The first-order valence-electron chi connectivity index (χ1n) is 12.7. The summed E-state index contributed by atoms with van der Waals surface area (Å²) in [5, 5.41) is 9.24. The van der Waals surface area contributed by atoms with E-state index in [1.54, 1.807) is 24.3 Å². The van der Waals surface area contributed by atoms with Gasteiger partial charge in [0.2, 0.25) is 5.78 Å². The first-order valence-corrected chi connectivity index (χ1v) is 12.7. The molecule has 1 aliphatic carbocycles. The third-order valence-corrected chi connectivity index (χ3v) is 6.58. The first-order chi connectivity index (χ1) is 18.5. The van der Waals surface area contributed by atoms with Crippen molar-refractivity contribution < 1.29 is 24.2 Å². The fraction of sp³-hybridized carbons (Fsp3) is 0.188. The van der Waals surface area contributed by atoms with Crippen LogP contribution in [0.4, 0.5) is 0 Å². The van der Waals surface area contributed by atoms with Gasteiger partial charge in [-0.3, -0.25) is 4.79 Å². The Bertz CT molecular complexity index is 1430. The van der Waals surface area contributed by atoms with Crippen LogP contribution < -0.4 is 4.74 Å². The number of hydrogen-bond donors (Lipinski definition) is 1. The lowest BCUT2D eigenvalue weighted by atomic mass is 10.1. The van der Waals surface area contributed by atoms with Crippen molar-refractivity contribution in [3.05, 3.63) is 126 Å². The second kappa shape index (κ2) is 11.3. The normalized spacial score (nSPS) is 13.9. The van der Waals surface area contributed by atoms with Gasteiger partial charge in [0.05, 0.1) is 12.3 Å². The molecule has 1 aliphatic rings. The number of carbonyl (C=O) groups is 2. The molecule has 1 saturated carbocycles. The van der Waals surface area contributed by atoms with Crippen LogP contribution in [0.3, 0.4) is 0 Å². The molecule has 1 aromatic heterocycles. The Morgan fingerprint density at radius 1 is 0.895 bits per heavy atom. The van der Waals surface area contributed by atoms with Crippen molar-refractivity contribution in [2.75, 3.05) is 6.61 Å². The van der Waals surface area contributed by atoms with Crippen LogP contribution in [0.1, 0.15) is 40.0 Å². The van der Waals surface area contributed by atoms with Gasteiger partial charge in [0.15, 0.2) is 5.60 Å². The Hall–Kier alpha value is -4.42. The number of allylic oxidation sites excluding steroid dienone is 1. The van der Waals surface area contributed by atoms with Gasteiger partial charge in [-0.05, 0) is 78.9 Å². The van der Waals surface area contributed by atoms with Gasteiger partial charge in [-0.25, -0.2) is 4.79 Å². The van der Waals surface area contributed by atoms with Crippen molar-refractivity contribution in [2.45, 2.75) is 31.4 Å². The van der Waals surface area contributed by atoms with Gasteiger partial charge in [0.25, 0.3) is 0 Å². The highest BCUT2D eigenvalue weighted by Gasteiger charge is 2.51. The molecule has 0 bridgehead atoms. The highest BCUT2D eigenvalue weighted by Crippen LogP contribution is 2.39. The van der Waals surface area contributed by atoms with Crippen molar-refractivity contribution in [2.24, 2.45) is 0 Å². The van der Waals surface area contributed by atoms with E-state index in [2.05, 4.69) is 6.07 Å². The fourth-order valence-corrected chi connectivity index (χ4v) is 4.28. The van der Waals surface area contributed by atoms with E-state index in [1.165, 1.54) is 0 Å². The largest absolute Gasteiger partial charge is 0.479 e. The number of para-hydroxylation sites is 1. The molecule has 0 unspecified atom stereocenters. The molecule has 0 saturated heterocycles. The van der Waals surface area contributed by atoms with E-state index in [-0.39, 0.29) is 5.78 Å². The van der Waals surface area contributed by atoms with Crippen molar-refractivity contribution in [3.63, 3.8) is 0 Å². The van der Waals surface area contributed by atoms with E-state index in [1.807, 2.05) is 83.6 Å². The number of benzene rings is 3. The third kappa shape index (κ3) is 6.10. The summed E-state index contributed by atoms with van der Waals surface area (Å²) in [6.07, 6.45) is 7.77. The smallest absolute Gasteiger partial charge is 0.335 e. The van der Waals surface area contributed by atoms with Gasteiger partial charge in [0.1, 0.15) is 11.5 Å². The number of aromatic nitrogens is 1. The van der Waals surface area contributed by atoms with Gasteiger partial charge in [-0.1, -0.05) is 54.6 Å². The van der Waals surface area contributed by atoms with E-state index in [0.717, 1.165) is 16.9 Å². The van der Waals surface area contributed by atoms with Crippen LogP contribution in [0.5, 0.6) is 11.5 Å². The van der Waals surface area contributed by atoms with Crippen molar-refractivity contribution in [3.8, 4) is 11.5 Å². The summed E-state index contributed by atoms with van der Waals surface area (Å²) in [6, 6.07) is 28.5. The molecule has 0 spiro atoms.